The van der Waals surface area contributed by atoms with Gasteiger partial charge in [0.2, 0.25) is 5.89 Å². The summed E-state index contributed by atoms with van der Waals surface area (Å²) in [4.78, 5) is 4.43. The summed E-state index contributed by atoms with van der Waals surface area (Å²) >= 11 is 0. The Hall–Kier alpha value is -1.72. The van der Waals surface area contributed by atoms with Gasteiger partial charge in [-0.2, -0.15) is 4.98 Å². The monoisotopic (exact) mass is 289 g/mol. The van der Waals surface area contributed by atoms with Crippen LogP contribution in [0.25, 0.3) is 0 Å². The number of aromatic nitrogens is 2. The molecule has 2 atom stereocenters. The second kappa shape index (κ2) is 7.90. The molecule has 2 unspecified atom stereocenters. The van der Waals surface area contributed by atoms with Gasteiger partial charge in [-0.25, -0.2) is 0 Å². The zero-order chi connectivity index (χ0) is 15.1. The summed E-state index contributed by atoms with van der Waals surface area (Å²) < 4.78 is 10.8. The van der Waals surface area contributed by atoms with Crippen molar-refractivity contribution in [1.82, 2.24) is 15.5 Å². The zero-order valence-corrected chi connectivity index (χ0v) is 12.9. The highest BCUT2D eigenvalue weighted by Gasteiger charge is 2.18. The van der Waals surface area contributed by atoms with Crippen LogP contribution in [0.4, 0.5) is 0 Å². The Labute approximate surface area is 125 Å². The molecule has 0 aliphatic rings. The van der Waals surface area contributed by atoms with Gasteiger partial charge in [0.15, 0.2) is 5.82 Å². The van der Waals surface area contributed by atoms with E-state index in [4.69, 9.17) is 9.26 Å². The molecular weight excluding hydrogens is 266 g/mol. The van der Waals surface area contributed by atoms with Crippen molar-refractivity contribution in [3.63, 3.8) is 0 Å². The van der Waals surface area contributed by atoms with E-state index in [0.717, 1.165) is 6.54 Å². The minimum atomic E-state index is -0.137. The zero-order valence-electron chi connectivity index (χ0n) is 12.9. The van der Waals surface area contributed by atoms with Gasteiger partial charge in [0.05, 0.1) is 0 Å². The molecular formula is C16H23N3O2. The van der Waals surface area contributed by atoms with E-state index in [1.54, 1.807) is 0 Å². The van der Waals surface area contributed by atoms with E-state index in [0.29, 0.717) is 24.7 Å². The summed E-state index contributed by atoms with van der Waals surface area (Å²) in [6, 6.07) is 10.5. The smallest absolute Gasteiger partial charge is 0.228 e. The van der Waals surface area contributed by atoms with Gasteiger partial charge in [0.25, 0.3) is 0 Å². The molecule has 1 heterocycles. The first-order chi connectivity index (χ1) is 10.2. The van der Waals surface area contributed by atoms with Crippen molar-refractivity contribution < 1.29 is 9.26 Å². The first-order valence-corrected chi connectivity index (χ1v) is 7.47. The summed E-state index contributed by atoms with van der Waals surface area (Å²) in [6.45, 7) is 7.49. The summed E-state index contributed by atoms with van der Waals surface area (Å²) in [7, 11) is 0. The van der Waals surface area contributed by atoms with Gasteiger partial charge < -0.3 is 14.6 Å². The van der Waals surface area contributed by atoms with E-state index in [1.165, 1.54) is 5.56 Å². The summed E-state index contributed by atoms with van der Waals surface area (Å²) in [5.41, 5.74) is 1.22. The van der Waals surface area contributed by atoms with Crippen molar-refractivity contribution in [3.8, 4) is 0 Å². The lowest BCUT2D eigenvalue weighted by atomic mass is 10.0. The number of hydrogen-bond acceptors (Lipinski definition) is 5. The van der Waals surface area contributed by atoms with Crippen molar-refractivity contribution in [2.45, 2.75) is 39.3 Å². The molecule has 0 spiro atoms. The number of nitrogens with one attached hydrogen (secondary N) is 1. The molecule has 5 nitrogen and oxygen atoms in total. The normalized spacial score (nSPS) is 14.0. The molecule has 5 heteroatoms. The molecule has 0 amide bonds. The Kier molecular flexibility index (Phi) is 5.90. The van der Waals surface area contributed by atoms with Crippen LogP contribution in [0.1, 0.15) is 50.2 Å². The van der Waals surface area contributed by atoms with Gasteiger partial charge in [-0.05, 0) is 26.0 Å². The lowest BCUT2D eigenvalue weighted by Crippen LogP contribution is -2.23. The lowest BCUT2D eigenvalue weighted by Gasteiger charge is -2.16. The topological polar surface area (TPSA) is 60.2 Å². The van der Waals surface area contributed by atoms with Crippen LogP contribution in [0.15, 0.2) is 34.9 Å². The van der Waals surface area contributed by atoms with Crippen molar-refractivity contribution in [3.05, 3.63) is 47.6 Å². The summed E-state index contributed by atoms with van der Waals surface area (Å²) in [5, 5.41) is 7.45. The van der Waals surface area contributed by atoms with Crippen LogP contribution in [-0.2, 0) is 11.2 Å². The first kappa shape index (κ1) is 15.7. The lowest BCUT2D eigenvalue weighted by molar-refractivity contribution is 0.0683. The fraction of sp³-hybridized carbons (Fsp3) is 0.500. The fourth-order valence-electron chi connectivity index (χ4n) is 2.25. The van der Waals surface area contributed by atoms with Crippen LogP contribution in [0.5, 0.6) is 0 Å². The van der Waals surface area contributed by atoms with Crippen molar-refractivity contribution in [2.75, 3.05) is 13.2 Å². The molecule has 0 radical (unpaired) electrons. The molecule has 0 aliphatic heterocycles. The third-order valence-corrected chi connectivity index (χ3v) is 3.30. The van der Waals surface area contributed by atoms with Gasteiger partial charge in [0.1, 0.15) is 6.10 Å². The first-order valence-electron chi connectivity index (χ1n) is 7.47. The van der Waals surface area contributed by atoms with Crippen LogP contribution in [0, 0.1) is 0 Å². The Morgan fingerprint density at radius 2 is 2.00 bits per heavy atom. The molecule has 21 heavy (non-hydrogen) atoms. The average molecular weight is 289 g/mol. The van der Waals surface area contributed by atoms with Gasteiger partial charge in [-0.1, -0.05) is 42.4 Å². The van der Waals surface area contributed by atoms with E-state index in [-0.39, 0.29) is 12.1 Å². The number of likely N-dealkylation sites (N-methyl/N-ethyl adjacent to an activating group) is 1. The quantitative estimate of drug-likeness (QED) is 0.809. The molecule has 2 rings (SSSR count). The molecule has 0 fully saturated rings. The molecule has 0 saturated heterocycles. The maximum atomic E-state index is 5.48. The summed E-state index contributed by atoms with van der Waals surface area (Å²) in [6.07, 6.45) is 0.533. The second-order valence-corrected chi connectivity index (χ2v) is 4.87. The Balaban J connectivity index is 2.07. The van der Waals surface area contributed by atoms with E-state index < -0.39 is 0 Å². The number of benzene rings is 1. The molecule has 1 N–H and O–H groups in total. The Bertz CT molecular complexity index is 527. The van der Waals surface area contributed by atoms with E-state index in [2.05, 4.69) is 34.5 Å². The maximum absolute atomic E-state index is 5.48. The standard InChI is InChI=1S/C16H23N3O2/c1-4-17-14(13-9-7-6-8-10-13)11-15-18-16(19-21-15)12(3)20-5-2/h6-10,12,14,17H,4-5,11H2,1-3H3. The number of hydrogen-bond donors (Lipinski definition) is 1. The van der Waals surface area contributed by atoms with Crippen LogP contribution >= 0.6 is 0 Å². The highest BCUT2D eigenvalue weighted by Crippen LogP contribution is 2.19. The van der Waals surface area contributed by atoms with Crippen molar-refractivity contribution >= 4 is 0 Å². The van der Waals surface area contributed by atoms with Crippen LogP contribution in [-0.4, -0.2) is 23.3 Å². The Morgan fingerprint density at radius 1 is 1.24 bits per heavy atom. The molecule has 1 aromatic carbocycles. The molecule has 0 aliphatic carbocycles. The van der Waals surface area contributed by atoms with Gasteiger partial charge >= 0.3 is 0 Å². The average Bonchev–Trinajstić information content (AvgIpc) is 2.97. The Morgan fingerprint density at radius 3 is 2.67 bits per heavy atom. The number of ether oxygens (including phenoxy) is 1. The molecule has 0 saturated carbocycles. The largest absolute Gasteiger partial charge is 0.371 e. The highest BCUT2D eigenvalue weighted by molar-refractivity contribution is 5.19. The molecule has 0 bridgehead atoms. The minimum absolute atomic E-state index is 0.137. The third kappa shape index (κ3) is 4.37. The van der Waals surface area contributed by atoms with Crippen LogP contribution < -0.4 is 5.32 Å². The number of nitrogens with zero attached hydrogens (tertiary/aromatic N) is 2. The van der Waals surface area contributed by atoms with E-state index in [9.17, 15) is 0 Å². The van der Waals surface area contributed by atoms with Crippen molar-refractivity contribution in [2.24, 2.45) is 0 Å². The van der Waals surface area contributed by atoms with Gasteiger partial charge in [-0.3, -0.25) is 0 Å². The third-order valence-electron chi connectivity index (χ3n) is 3.30. The molecule has 2 aromatic rings. The molecule has 114 valence electrons. The van der Waals surface area contributed by atoms with Gasteiger partial charge in [-0.15, -0.1) is 0 Å². The molecule has 1 aromatic heterocycles. The van der Waals surface area contributed by atoms with Crippen LogP contribution in [0.3, 0.4) is 0 Å². The predicted octanol–water partition coefficient (Wildman–Crippen LogP) is 3.06. The number of rotatable bonds is 8. The van der Waals surface area contributed by atoms with E-state index in [1.807, 2.05) is 32.0 Å². The maximum Gasteiger partial charge on any atom is 0.228 e. The second-order valence-electron chi connectivity index (χ2n) is 4.87. The predicted molar refractivity (Wildman–Crippen MR) is 80.9 cm³/mol. The fourth-order valence-corrected chi connectivity index (χ4v) is 2.25. The van der Waals surface area contributed by atoms with Crippen molar-refractivity contribution in [1.29, 1.82) is 0 Å². The summed E-state index contributed by atoms with van der Waals surface area (Å²) in [5.74, 6) is 1.24. The highest BCUT2D eigenvalue weighted by atomic mass is 16.5. The van der Waals surface area contributed by atoms with Crippen LogP contribution in [0.2, 0.25) is 0 Å². The minimum Gasteiger partial charge on any atom is -0.371 e. The SMILES string of the molecule is CCNC(Cc1nc(C(C)OCC)no1)c1ccccc1. The van der Waals surface area contributed by atoms with Gasteiger partial charge in [0, 0.05) is 19.1 Å². The van der Waals surface area contributed by atoms with E-state index >= 15 is 0 Å².